The summed E-state index contributed by atoms with van der Waals surface area (Å²) in [5, 5.41) is 3.94. The van der Waals surface area contributed by atoms with Gasteiger partial charge in [0.05, 0.1) is 0 Å². The molecule has 1 heterocycles. The summed E-state index contributed by atoms with van der Waals surface area (Å²) in [6.07, 6.45) is 2.87. The van der Waals surface area contributed by atoms with Crippen LogP contribution < -0.4 is 14.8 Å². The Labute approximate surface area is 240 Å². The van der Waals surface area contributed by atoms with Crippen molar-refractivity contribution in [1.29, 1.82) is 0 Å². The van der Waals surface area contributed by atoms with Crippen LogP contribution in [0.3, 0.4) is 0 Å². The van der Waals surface area contributed by atoms with E-state index >= 15 is 0 Å². The Kier molecular flexibility index (Phi) is 10.5. The monoisotopic (exact) mass is 568 g/mol. The third-order valence-electron chi connectivity index (χ3n) is 6.72. The van der Waals surface area contributed by atoms with Crippen LogP contribution in [0.15, 0.2) is 66.7 Å². The molecule has 39 heavy (non-hydrogen) atoms. The maximum atomic E-state index is 13.9. The molecule has 1 aliphatic heterocycles. The summed E-state index contributed by atoms with van der Waals surface area (Å²) in [6.45, 7) is 3.76. The van der Waals surface area contributed by atoms with Crippen molar-refractivity contribution in [3.63, 3.8) is 0 Å². The Balaban J connectivity index is 1.61. The number of fused-ring (bicyclic) bond motifs is 1. The molecule has 1 N–H and O–H groups in total. The minimum absolute atomic E-state index is 0.122. The van der Waals surface area contributed by atoms with Crippen molar-refractivity contribution in [1.82, 2.24) is 10.2 Å². The lowest BCUT2D eigenvalue weighted by Gasteiger charge is -2.32. The van der Waals surface area contributed by atoms with E-state index in [0.29, 0.717) is 59.7 Å². The highest BCUT2D eigenvalue weighted by Gasteiger charge is 2.31. The van der Waals surface area contributed by atoms with Crippen LogP contribution in [0, 0.1) is 0 Å². The summed E-state index contributed by atoms with van der Waals surface area (Å²) in [5.41, 5.74) is 2.53. The second-order valence-electron chi connectivity index (χ2n) is 9.55. The van der Waals surface area contributed by atoms with Gasteiger partial charge >= 0.3 is 0 Å². The molecule has 0 unspecified atom stereocenters. The zero-order valence-electron chi connectivity index (χ0n) is 22.1. The Hall–Kier alpha value is -3.22. The van der Waals surface area contributed by atoms with Crippen molar-refractivity contribution in [3.8, 4) is 11.5 Å². The average molecular weight is 570 g/mol. The Morgan fingerprint density at radius 3 is 2.36 bits per heavy atom. The van der Waals surface area contributed by atoms with Crippen molar-refractivity contribution >= 4 is 35.0 Å². The summed E-state index contributed by atoms with van der Waals surface area (Å²) in [5.74, 6) is 1.04. The molecular weight excluding hydrogens is 535 g/mol. The highest BCUT2D eigenvalue weighted by atomic mass is 35.5. The number of hydrogen-bond donors (Lipinski definition) is 1. The zero-order valence-corrected chi connectivity index (χ0v) is 23.6. The summed E-state index contributed by atoms with van der Waals surface area (Å²) in [6, 6.07) is 20.0. The standard InChI is InChI=1S/C31H34Cl2N2O4/c1-2-3-16-34-31(37)27(19-22-8-5-4-6-9-22)35(21-24-25(32)10-7-11-26(24)33)30(36)15-13-23-12-14-28-29(20-23)39-18-17-38-28/h4-12,14,20,27H,2-3,13,15-19,21H2,1H3,(H,34,37)/t27-/m1/s1. The number of carbonyl (C=O) groups is 2. The number of rotatable bonds is 12. The topological polar surface area (TPSA) is 67.9 Å². The third kappa shape index (κ3) is 7.90. The fourth-order valence-corrected chi connectivity index (χ4v) is 5.07. The van der Waals surface area contributed by atoms with E-state index in [4.69, 9.17) is 32.7 Å². The van der Waals surface area contributed by atoms with Crippen molar-refractivity contribution < 1.29 is 19.1 Å². The lowest BCUT2D eigenvalue weighted by atomic mass is 10.0. The Morgan fingerprint density at radius 1 is 0.923 bits per heavy atom. The lowest BCUT2D eigenvalue weighted by Crippen LogP contribution is -2.50. The number of halogens is 2. The molecule has 2 amide bonds. The van der Waals surface area contributed by atoms with Gasteiger partial charge in [-0.3, -0.25) is 9.59 Å². The van der Waals surface area contributed by atoms with Gasteiger partial charge in [0.15, 0.2) is 11.5 Å². The first-order valence-electron chi connectivity index (χ1n) is 13.4. The van der Waals surface area contributed by atoms with E-state index in [1.54, 1.807) is 23.1 Å². The van der Waals surface area contributed by atoms with Gasteiger partial charge in [-0.05, 0) is 48.2 Å². The molecule has 4 rings (SSSR count). The maximum Gasteiger partial charge on any atom is 0.243 e. The molecule has 1 aliphatic rings. The number of carbonyl (C=O) groups excluding carboxylic acids is 2. The molecule has 0 fully saturated rings. The molecule has 0 saturated carbocycles. The fourth-order valence-electron chi connectivity index (χ4n) is 4.55. The van der Waals surface area contributed by atoms with Crippen molar-refractivity contribution in [3.05, 3.63) is 93.5 Å². The summed E-state index contributed by atoms with van der Waals surface area (Å²) in [7, 11) is 0. The predicted octanol–water partition coefficient (Wildman–Crippen LogP) is 6.25. The average Bonchev–Trinajstić information content (AvgIpc) is 2.95. The molecule has 3 aromatic carbocycles. The molecular formula is C31H34Cl2N2O4. The molecule has 0 aliphatic carbocycles. The molecule has 0 aromatic heterocycles. The van der Waals surface area contributed by atoms with Gasteiger partial charge < -0.3 is 19.7 Å². The lowest BCUT2D eigenvalue weighted by molar-refractivity contribution is -0.141. The largest absolute Gasteiger partial charge is 0.486 e. The first-order valence-corrected chi connectivity index (χ1v) is 14.1. The molecule has 206 valence electrons. The highest BCUT2D eigenvalue weighted by molar-refractivity contribution is 6.36. The second kappa shape index (κ2) is 14.2. The van der Waals surface area contributed by atoms with Crippen LogP contribution in [-0.4, -0.2) is 42.5 Å². The summed E-state index contributed by atoms with van der Waals surface area (Å²) < 4.78 is 11.3. The number of ether oxygens (including phenoxy) is 2. The SMILES string of the molecule is CCCCNC(=O)[C@@H](Cc1ccccc1)N(Cc1c(Cl)cccc1Cl)C(=O)CCc1ccc2c(c1)OCCO2. The summed E-state index contributed by atoms with van der Waals surface area (Å²) >= 11 is 13.0. The quantitative estimate of drug-likeness (QED) is 0.262. The number of hydrogen-bond acceptors (Lipinski definition) is 4. The van der Waals surface area contributed by atoms with Crippen LogP contribution in [0.2, 0.25) is 10.0 Å². The molecule has 3 aromatic rings. The molecule has 1 atom stereocenters. The smallest absolute Gasteiger partial charge is 0.243 e. The molecule has 0 bridgehead atoms. The molecule has 6 nitrogen and oxygen atoms in total. The molecule has 0 saturated heterocycles. The van der Waals surface area contributed by atoms with Gasteiger partial charge in [0.2, 0.25) is 11.8 Å². The molecule has 0 spiro atoms. The number of amides is 2. The normalized spacial score (nSPS) is 13.0. The molecule has 8 heteroatoms. The van der Waals surface area contributed by atoms with Gasteiger partial charge in [-0.1, -0.05) is 79.0 Å². The van der Waals surface area contributed by atoms with Gasteiger partial charge in [-0.25, -0.2) is 0 Å². The minimum Gasteiger partial charge on any atom is -0.486 e. The number of nitrogens with zero attached hydrogens (tertiary/aromatic N) is 1. The van der Waals surface area contributed by atoms with Crippen molar-refractivity contribution in [2.45, 2.75) is 51.6 Å². The number of nitrogens with one attached hydrogen (secondary N) is 1. The minimum atomic E-state index is -0.732. The van der Waals surface area contributed by atoms with Crippen LogP contribution in [0.4, 0.5) is 0 Å². The van der Waals surface area contributed by atoms with E-state index in [0.717, 1.165) is 24.0 Å². The van der Waals surface area contributed by atoms with Crippen LogP contribution in [0.25, 0.3) is 0 Å². The zero-order chi connectivity index (χ0) is 27.6. The van der Waals surface area contributed by atoms with Gasteiger partial charge in [0.1, 0.15) is 19.3 Å². The highest BCUT2D eigenvalue weighted by Crippen LogP contribution is 2.32. The van der Waals surface area contributed by atoms with Gasteiger partial charge in [0.25, 0.3) is 0 Å². The van der Waals surface area contributed by atoms with Crippen LogP contribution in [0.1, 0.15) is 42.9 Å². The third-order valence-corrected chi connectivity index (χ3v) is 7.43. The van der Waals surface area contributed by atoms with Crippen LogP contribution >= 0.6 is 23.2 Å². The number of aryl methyl sites for hydroxylation is 1. The van der Waals surface area contributed by atoms with Gasteiger partial charge in [-0.2, -0.15) is 0 Å². The maximum absolute atomic E-state index is 13.9. The molecule has 0 radical (unpaired) electrons. The van der Waals surface area contributed by atoms with Gasteiger partial charge in [0, 0.05) is 41.5 Å². The summed E-state index contributed by atoms with van der Waals surface area (Å²) in [4.78, 5) is 29.1. The first-order chi connectivity index (χ1) is 19.0. The Bertz CT molecular complexity index is 1250. The second-order valence-corrected chi connectivity index (χ2v) is 10.4. The van der Waals surface area contributed by atoms with E-state index in [1.807, 2.05) is 48.5 Å². The first kappa shape index (κ1) is 28.8. The van der Waals surface area contributed by atoms with E-state index in [1.165, 1.54) is 0 Å². The fraction of sp³-hybridized carbons (Fsp3) is 0.355. The van der Waals surface area contributed by atoms with Crippen LogP contribution in [-0.2, 0) is 29.0 Å². The van der Waals surface area contributed by atoms with E-state index < -0.39 is 6.04 Å². The van der Waals surface area contributed by atoms with Crippen LogP contribution in [0.5, 0.6) is 11.5 Å². The van der Waals surface area contributed by atoms with E-state index in [-0.39, 0.29) is 24.8 Å². The van der Waals surface area contributed by atoms with Crippen molar-refractivity contribution in [2.75, 3.05) is 19.8 Å². The number of unbranched alkanes of at least 4 members (excludes halogenated alkanes) is 1. The number of benzene rings is 3. The van der Waals surface area contributed by atoms with E-state index in [2.05, 4.69) is 12.2 Å². The van der Waals surface area contributed by atoms with Crippen molar-refractivity contribution in [2.24, 2.45) is 0 Å². The van der Waals surface area contributed by atoms with Gasteiger partial charge in [-0.15, -0.1) is 0 Å². The Morgan fingerprint density at radius 2 is 1.64 bits per heavy atom. The predicted molar refractivity (Wildman–Crippen MR) is 155 cm³/mol. The van der Waals surface area contributed by atoms with E-state index in [9.17, 15) is 9.59 Å².